The van der Waals surface area contributed by atoms with Crippen molar-refractivity contribution in [2.45, 2.75) is 37.1 Å². The third kappa shape index (κ3) is 5.40. The Morgan fingerprint density at radius 2 is 1.79 bits per heavy atom. The minimum absolute atomic E-state index is 0.143. The molecule has 1 aliphatic rings. The van der Waals surface area contributed by atoms with Gasteiger partial charge in [-0.2, -0.15) is 0 Å². The highest BCUT2D eigenvalue weighted by molar-refractivity contribution is 9.10. The van der Waals surface area contributed by atoms with Crippen molar-refractivity contribution in [2.24, 2.45) is 0 Å². The number of piperidine rings is 1. The lowest BCUT2D eigenvalue weighted by Gasteiger charge is -2.36. The van der Waals surface area contributed by atoms with E-state index in [1.165, 1.54) is 25.9 Å². The van der Waals surface area contributed by atoms with Crippen LogP contribution in [-0.4, -0.2) is 78.3 Å². The van der Waals surface area contributed by atoms with Gasteiger partial charge in [-0.25, -0.2) is 0 Å². The Labute approximate surface area is 126 Å². The molecule has 0 atom stereocenters. The van der Waals surface area contributed by atoms with Crippen LogP contribution >= 0.6 is 15.9 Å². The van der Waals surface area contributed by atoms with Gasteiger partial charge in [-0.05, 0) is 53.9 Å². The molecule has 19 heavy (non-hydrogen) atoms. The van der Waals surface area contributed by atoms with Gasteiger partial charge in [0.2, 0.25) is 5.91 Å². The van der Waals surface area contributed by atoms with Crippen molar-refractivity contribution in [3.05, 3.63) is 0 Å². The third-order valence-corrected chi connectivity index (χ3v) is 4.29. The first-order valence-corrected chi connectivity index (χ1v) is 7.84. The molecule has 0 aromatic rings. The maximum Gasteiger partial charge on any atom is 0.238 e. The summed E-state index contributed by atoms with van der Waals surface area (Å²) in [5.41, 5.74) is 0. The highest BCUT2D eigenvalue weighted by Crippen LogP contribution is 2.19. The lowest BCUT2D eigenvalue weighted by molar-refractivity contribution is -0.131. The van der Waals surface area contributed by atoms with Crippen molar-refractivity contribution < 1.29 is 4.79 Å². The van der Waals surface area contributed by atoms with Crippen molar-refractivity contribution in [1.29, 1.82) is 0 Å². The van der Waals surface area contributed by atoms with Crippen molar-refractivity contribution in [2.75, 3.05) is 47.3 Å². The average molecular weight is 334 g/mol. The van der Waals surface area contributed by atoms with Gasteiger partial charge >= 0.3 is 0 Å². The predicted molar refractivity (Wildman–Crippen MR) is 83.8 cm³/mol. The number of hydrogen-bond donors (Lipinski definition) is 0. The number of hydrogen-bond acceptors (Lipinski definition) is 3. The van der Waals surface area contributed by atoms with E-state index in [1.54, 1.807) is 0 Å². The Morgan fingerprint density at radius 3 is 2.26 bits per heavy atom. The van der Waals surface area contributed by atoms with Crippen LogP contribution in [0, 0.1) is 0 Å². The van der Waals surface area contributed by atoms with E-state index in [0.717, 1.165) is 13.1 Å². The van der Waals surface area contributed by atoms with Crippen LogP contribution in [-0.2, 0) is 4.79 Å². The fourth-order valence-electron chi connectivity index (χ4n) is 2.48. The van der Waals surface area contributed by atoms with Gasteiger partial charge in [0.05, 0.1) is 4.32 Å². The zero-order valence-electron chi connectivity index (χ0n) is 12.9. The number of rotatable bonds is 5. The topological polar surface area (TPSA) is 26.8 Å². The molecule has 1 fully saturated rings. The number of halogens is 1. The van der Waals surface area contributed by atoms with Crippen LogP contribution in [0.15, 0.2) is 0 Å². The molecule has 5 heteroatoms. The van der Waals surface area contributed by atoms with Gasteiger partial charge in [0.25, 0.3) is 0 Å². The predicted octanol–water partition coefficient (Wildman–Crippen LogP) is 1.64. The van der Waals surface area contributed by atoms with Gasteiger partial charge in [-0.3, -0.25) is 4.79 Å². The van der Waals surface area contributed by atoms with Gasteiger partial charge < -0.3 is 14.7 Å². The molecule has 1 amide bonds. The van der Waals surface area contributed by atoms with Gasteiger partial charge in [0.1, 0.15) is 0 Å². The number of likely N-dealkylation sites (N-methyl/N-ethyl adjacent to an activating group) is 2. The number of carbonyl (C=O) groups excluding carboxylic acids is 1. The molecule has 0 saturated carbocycles. The number of carbonyl (C=O) groups is 1. The Balaban J connectivity index is 2.34. The van der Waals surface area contributed by atoms with E-state index in [9.17, 15) is 4.79 Å². The highest BCUT2D eigenvalue weighted by atomic mass is 79.9. The largest absolute Gasteiger partial charge is 0.343 e. The van der Waals surface area contributed by atoms with E-state index in [1.807, 2.05) is 25.8 Å². The third-order valence-electron chi connectivity index (χ3n) is 3.95. The summed E-state index contributed by atoms with van der Waals surface area (Å²) in [6, 6.07) is 0.664. The van der Waals surface area contributed by atoms with Gasteiger partial charge in [-0.15, -0.1) is 0 Å². The second-order valence-electron chi connectivity index (χ2n) is 6.21. The van der Waals surface area contributed by atoms with Crippen LogP contribution in [0.5, 0.6) is 0 Å². The summed E-state index contributed by atoms with van der Waals surface area (Å²) in [5.74, 6) is 0.143. The lowest BCUT2D eigenvalue weighted by Crippen LogP contribution is -2.46. The number of likely N-dealkylation sites (tertiary alicyclic amines) is 1. The summed E-state index contributed by atoms with van der Waals surface area (Å²) in [6.07, 6.45) is 2.46. The molecule has 0 N–H and O–H groups in total. The SMILES string of the molecule is CN1CCC(N(C)CCN(C)C(=O)C(C)(C)Br)CC1. The summed E-state index contributed by atoms with van der Waals surface area (Å²) >= 11 is 3.42. The summed E-state index contributed by atoms with van der Waals surface area (Å²) < 4.78 is -0.464. The molecule has 0 unspecified atom stereocenters. The van der Waals surface area contributed by atoms with E-state index in [0.29, 0.717) is 6.04 Å². The molecule has 0 bridgehead atoms. The molecule has 0 radical (unpaired) electrons. The molecule has 1 heterocycles. The number of nitrogens with zero attached hydrogens (tertiary/aromatic N) is 3. The van der Waals surface area contributed by atoms with Crippen LogP contribution in [0.4, 0.5) is 0 Å². The molecule has 1 aliphatic heterocycles. The quantitative estimate of drug-likeness (QED) is 0.716. The second kappa shape index (κ2) is 7.04. The number of amides is 1. The molecule has 0 aromatic heterocycles. The smallest absolute Gasteiger partial charge is 0.238 e. The second-order valence-corrected chi connectivity index (χ2v) is 8.20. The minimum Gasteiger partial charge on any atom is -0.343 e. The summed E-state index contributed by atoms with van der Waals surface area (Å²) in [4.78, 5) is 18.7. The van der Waals surface area contributed by atoms with Crippen LogP contribution in [0.25, 0.3) is 0 Å². The maximum absolute atomic E-state index is 12.1. The van der Waals surface area contributed by atoms with Gasteiger partial charge in [-0.1, -0.05) is 15.9 Å². The summed E-state index contributed by atoms with van der Waals surface area (Å²) in [6.45, 7) is 7.88. The van der Waals surface area contributed by atoms with Crippen LogP contribution in [0.1, 0.15) is 26.7 Å². The molecule has 1 rings (SSSR count). The molecular weight excluding hydrogens is 306 g/mol. The van der Waals surface area contributed by atoms with Gasteiger partial charge in [0.15, 0.2) is 0 Å². The molecule has 4 nitrogen and oxygen atoms in total. The van der Waals surface area contributed by atoms with E-state index < -0.39 is 4.32 Å². The zero-order chi connectivity index (χ0) is 14.6. The first kappa shape index (κ1) is 16.9. The van der Waals surface area contributed by atoms with Crippen LogP contribution in [0.2, 0.25) is 0 Å². The normalized spacial score (nSPS) is 18.9. The minimum atomic E-state index is -0.464. The van der Waals surface area contributed by atoms with Crippen molar-refractivity contribution in [1.82, 2.24) is 14.7 Å². The van der Waals surface area contributed by atoms with E-state index in [4.69, 9.17) is 0 Å². The zero-order valence-corrected chi connectivity index (χ0v) is 14.5. The highest BCUT2D eigenvalue weighted by Gasteiger charge is 2.27. The summed E-state index contributed by atoms with van der Waals surface area (Å²) in [5, 5.41) is 0. The Hall–Kier alpha value is -0.130. The van der Waals surface area contributed by atoms with Crippen molar-refractivity contribution >= 4 is 21.8 Å². The fourth-order valence-corrected chi connectivity index (χ4v) is 2.78. The maximum atomic E-state index is 12.1. The van der Waals surface area contributed by atoms with E-state index >= 15 is 0 Å². The van der Waals surface area contributed by atoms with E-state index in [2.05, 4.69) is 39.8 Å². The molecule has 112 valence electrons. The van der Waals surface area contributed by atoms with Crippen LogP contribution in [0.3, 0.4) is 0 Å². The Kier molecular flexibility index (Phi) is 6.27. The summed E-state index contributed by atoms with van der Waals surface area (Å²) in [7, 11) is 6.24. The molecular formula is C14H28BrN3O. The first-order chi connectivity index (χ1) is 8.71. The van der Waals surface area contributed by atoms with Crippen molar-refractivity contribution in [3.8, 4) is 0 Å². The van der Waals surface area contributed by atoms with Crippen molar-refractivity contribution in [3.63, 3.8) is 0 Å². The molecule has 0 spiro atoms. The monoisotopic (exact) mass is 333 g/mol. The van der Waals surface area contributed by atoms with E-state index in [-0.39, 0.29) is 5.91 Å². The average Bonchev–Trinajstić information content (AvgIpc) is 2.34. The van der Waals surface area contributed by atoms with Crippen LogP contribution < -0.4 is 0 Å². The first-order valence-electron chi connectivity index (χ1n) is 7.05. The molecule has 0 aromatic carbocycles. The molecule has 0 aliphatic carbocycles. The fraction of sp³-hybridized carbons (Fsp3) is 0.929. The standard InChI is InChI=1S/C14H28BrN3O/c1-14(2,15)13(19)18(5)11-10-17(4)12-6-8-16(3)9-7-12/h12H,6-11H2,1-5H3. The Bertz CT molecular complexity index is 296. The lowest BCUT2D eigenvalue weighted by atomic mass is 10.0. The number of alkyl halides is 1. The van der Waals surface area contributed by atoms with Gasteiger partial charge in [0, 0.05) is 26.2 Å². The Morgan fingerprint density at radius 1 is 1.26 bits per heavy atom. The molecule has 1 saturated heterocycles.